The Kier molecular flexibility index (Phi) is 6.46. The van der Waals surface area contributed by atoms with Gasteiger partial charge in [-0.3, -0.25) is 9.59 Å². The zero-order chi connectivity index (χ0) is 15.2. The van der Waals surface area contributed by atoms with Crippen LogP contribution in [0.15, 0.2) is 0 Å². The summed E-state index contributed by atoms with van der Waals surface area (Å²) >= 11 is 0. The van der Waals surface area contributed by atoms with Gasteiger partial charge in [-0.1, -0.05) is 13.8 Å². The number of rotatable bonds is 7. The van der Waals surface area contributed by atoms with Gasteiger partial charge >= 0.3 is 5.97 Å². The predicted octanol–water partition coefficient (Wildman–Crippen LogP) is 1.85. The fourth-order valence-electron chi connectivity index (χ4n) is 2.75. The number of piperidine rings is 1. The highest BCUT2D eigenvalue weighted by Crippen LogP contribution is 2.27. The molecule has 1 saturated heterocycles. The van der Waals surface area contributed by atoms with Gasteiger partial charge in [0.1, 0.15) is 0 Å². The molecular formula is C15H28N2O3. The first kappa shape index (κ1) is 17.0. The Morgan fingerprint density at radius 2 is 1.85 bits per heavy atom. The molecule has 0 aliphatic carbocycles. The minimum absolute atomic E-state index is 0.117. The standard InChI is InChI=1S/C15H28N2O3/c1-15(2,7-8-16)6-3-13(18)17-9-4-12(5-10-17)11-14(19)20/h12H,3-11,16H2,1-2H3,(H,19,20). The van der Waals surface area contributed by atoms with Crippen molar-refractivity contribution in [2.24, 2.45) is 17.1 Å². The number of nitrogens with two attached hydrogens (primary N) is 1. The van der Waals surface area contributed by atoms with Crippen LogP contribution in [0.4, 0.5) is 0 Å². The van der Waals surface area contributed by atoms with Crippen molar-refractivity contribution >= 4 is 11.9 Å². The number of aliphatic carboxylic acids is 1. The van der Waals surface area contributed by atoms with E-state index in [4.69, 9.17) is 10.8 Å². The van der Waals surface area contributed by atoms with Gasteiger partial charge in [-0.05, 0) is 43.6 Å². The lowest BCUT2D eigenvalue weighted by molar-refractivity contribution is -0.138. The molecule has 1 aliphatic rings. The summed E-state index contributed by atoms with van der Waals surface area (Å²) in [5, 5.41) is 8.77. The molecule has 1 amide bonds. The van der Waals surface area contributed by atoms with Gasteiger partial charge in [0.05, 0.1) is 0 Å². The summed E-state index contributed by atoms with van der Waals surface area (Å²) in [5.41, 5.74) is 5.69. The highest BCUT2D eigenvalue weighted by Gasteiger charge is 2.25. The average Bonchev–Trinajstić information content (AvgIpc) is 2.36. The zero-order valence-electron chi connectivity index (χ0n) is 12.7. The monoisotopic (exact) mass is 284 g/mol. The maximum Gasteiger partial charge on any atom is 0.303 e. The molecule has 0 unspecified atom stereocenters. The number of carbonyl (C=O) groups is 2. The maximum absolute atomic E-state index is 12.2. The van der Waals surface area contributed by atoms with Crippen molar-refractivity contribution in [3.05, 3.63) is 0 Å². The second-order valence-corrected chi connectivity index (χ2v) is 6.62. The maximum atomic E-state index is 12.2. The van der Waals surface area contributed by atoms with Crippen LogP contribution in [0.3, 0.4) is 0 Å². The van der Waals surface area contributed by atoms with E-state index in [0.29, 0.717) is 26.1 Å². The molecule has 0 aromatic heterocycles. The molecule has 1 heterocycles. The molecule has 0 radical (unpaired) electrons. The van der Waals surface area contributed by atoms with Crippen molar-refractivity contribution in [1.82, 2.24) is 4.90 Å². The third kappa shape index (κ3) is 5.90. The van der Waals surface area contributed by atoms with E-state index in [-0.39, 0.29) is 23.7 Å². The molecule has 0 aromatic rings. The molecule has 0 atom stereocenters. The first-order valence-electron chi connectivity index (χ1n) is 7.54. The highest BCUT2D eigenvalue weighted by atomic mass is 16.4. The number of carbonyl (C=O) groups excluding carboxylic acids is 1. The number of carboxylic acid groups (broad SMARTS) is 1. The normalized spacial score (nSPS) is 17.2. The van der Waals surface area contributed by atoms with Gasteiger partial charge in [0.15, 0.2) is 0 Å². The quantitative estimate of drug-likeness (QED) is 0.747. The van der Waals surface area contributed by atoms with Crippen molar-refractivity contribution in [3.63, 3.8) is 0 Å². The lowest BCUT2D eigenvalue weighted by atomic mass is 9.84. The zero-order valence-corrected chi connectivity index (χ0v) is 12.7. The summed E-state index contributed by atoms with van der Waals surface area (Å²) in [6.07, 6.45) is 4.20. The molecule has 5 heteroatoms. The lowest BCUT2D eigenvalue weighted by Crippen LogP contribution is -2.39. The number of likely N-dealkylation sites (tertiary alicyclic amines) is 1. The number of carboxylic acids is 1. The van der Waals surface area contributed by atoms with E-state index >= 15 is 0 Å². The van der Waals surface area contributed by atoms with Gasteiger partial charge in [-0.2, -0.15) is 0 Å². The van der Waals surface area contributed by atoms with Gasteiger partial charge in [0, 0.05) is 25.9 Å². The largest absolute Gasteiger partial charge is 0.481 e. The summed E-state index contributed by atoms with van der Waals surface area (Å²) in [6.45, 7) is 6.35. The second-order valence-electron chi connectivity index (χ2n) is 6.62. The minimum Gasteiger partial charge on any atom is -0.481 e. The second kappa shape index (κ2) is 7.62. The van der Waals surface area contributed by atoms with Crippen molar-refractivity contribution < 1.29 is 14.7 Å². The molecule has 1 rings (SSSR count). The van der Waals surface area contributed by atoms with E-state index in [1.54, 1.807) is 0 Å². The van der Waals surface area contributed by atoms with E-state index in [0.717, 1.165) is 25.7 Å². The number of hydrogen-bond donors (Lipinski definition) is 2. The van der Waals surface area contributed by atoms with E-state index < -0.39 is 5.97 Å². The molecule has 0 spiro atoms. The minimum atomic E-state index is -0.738. The third-order valence-electron chi connectivity index (χ3n) is 4.27. The molecule has 0 saturated carbocycles. The molecule has 1 fully saturated rings. The van der Waals surface area contributed by atoms with Crippen LogP contribution < -0.4 is 5.73 Å². The predicted molar refractivity (Wildman–Crippen MR) is 78.2 cm³/mol. The van der Waals surface area contributed by atoms with Crippen LogP contribution in [-0.2, 0) is 9.59 Å². The molecule has 0 aromatic carbocycles. The molecule has 1 aliphatic heterocycles. The third-order valence-corrected chi connectivity index (χ3v) is 4.27. The van der Waals surface area contributed by atoms with Crippen LogP contribution in [0.2, 0.25) is 0 Å². The summed E-state index contributed by atoms with van der Waals surface area (Å²) in [4.78, 5) is 24.7. The Morgan fingerprint density at radius 1 is 1.25 bits per heavy atom. The van der Waals surface area contributed by atoms with Crippen LogP contribution in [-0.4, -0.2) is 41.5 Å². The van der Waals surface area contributed by atoms with Crippen molar-refractivity contribution in [1.29, 1.82) is 0 Å². The summed E-state index contributed by atoms with van der Waals surface area (Å²) in [6, 6.07) is 0. The number of amides is 1. The van der Waals surface area contributed by atoms with Crippen molar-refractivity contribution in [3.8, 4) is 0 Å². The molecule has 20 heavy (non-hydrogen) atoms. The summed E-state index contributed by atoms with van der Waals surface area (Å²) in [7, 11) is 0. The van der Waals surface area contributed by atoms with Crippen LogP contribution in [0.5, 0.6) is 0 Å². The van der Waals surface area contributed by atoms with E-state index in [2.05, 4.69) is 13.8 Å². The van der Waals surface area contributed by atoms with Crippen LogP contribution in [0.25, 0.3) is 0 Å². The van der Waals surface area contributed by atoms with Crippen LogP contribution >= 0.6 is 0 Å². The smallest absolute Gasteiger partial charge is 0.303 e. The van der Waals surface area contributed by atoms with Crippen molar-refractivity contribution in [2.45, 2.75) is 52.4 Å². The fourth-order valence-corrected chi connectivity index (χ4v) is 2.75. The topological polar surface area (TPSA) is 83.6 Å². The van der Waals surface area contributed by atoms with Crippen LogP contribution in [0.1, 0.15) is 52.4 Å². The highest BCUT2D eigenvalue weighted by molar-refractivity contribution is 5.76. The van der Waals surface area contributed by atoms with E-state index in [9.17, 15) is 9.59 Å². The molecule has 3 N–H and O–H groups in total. The van der Waals surface area contributed by atoms with Crippen LogP contribution in [0, 0.1) is 11.3 Å². The molecule has 5 nitrogen and oxygen atoms in total. The van der Waals surface area contributed by atoms with E-state index in [1.807, 2.05) is 4.90 Å². The average molecular weight is 284 g/mol. The first-order valence-corrected chi connectivity index (χ1v) is 7.54. The number of hydrogen-bond acceptors (Lipinski definition) is 3. The Morgan fingerprint density at radius 3 is 2.35 bits per heavy atom. The van der Waals surface area contributed by atoms with Gasteiger partial charge in [0.25, 0.3) is 0 Å². The van der Waals surface area contributed by atoms with Crippen molar-refractivity contribution in [2.75, 3.05) is 19.6 Å². The Balaban J connectivity index is 2.30. The van der Waals surface area contributed by atoms with E-state index in [1.165, 1.54) is 0 Å². The molecular weight excluding hydrogens is 256 g/mol. The lowest BCUT2D eigenvalue weighted by Gasteiger charge is -2.32. The Labute approximate surface area is 121 Å². The first-order chi connectivity index (χ1) is 9.34. The molecule has 0 bridgehead atoms. The molecule has 116 valence electrons. The Hall–Kier alpha value is -1.10. The number of nitrogens with zero attached hydrogens (tertiary/aromatic N) is 1. The van der Waals surface area contributed by atoms with Gasteiger partial charge in [-0.15, -0.1) is 0 Å². The van der Waals surface area contributed by atoms with Gasteiger partial charge in [-0.25, -0.2) is 0 Å². The summed E-state index contributed by atoms with van der Waals surface area (Å²) in [5.74, 6) is -0.313. The summed E-state index contributed by atoms with van der Waals surface area (Å²) < 4.78 is 0. The fraction of sp³-hybridized carbons (Fsp3) is 0.867. The van der Waals surface area contributed by atoms with Gasteiger partial charge in [0.2, 0.25) is 5.91 Å². The van der Waals surface area contributed by atoms with Gasteiger partial charge < -0.3 is 15.7 Å². The SMILES string of the molecule is CC(C)(CCN)CCC(=O)N1CCC(CC(=O)O)CC1. The Bertz CT molecular complexity index is 334.